The van der Waals surface area contributed by atoms with Crippen molar-refractivity contribution in [3.8, 4) is 11.3 Å². The first-order valence-corrected chi connectivity index (χ1v) is 8.39. The van der Waals surface area contributed by atoms with Gasteiger partial charge in [-0.3, -0.25) is 4.79 Å². The molecule has 0 bridgehead atoms. The molecule has 0 radical (unpaired) electrons. The number of amides is 1. The van der Waals surface area contributed by atoms with Crippen molar-refractivity contribution in [1.29, 1.82) is 0 Å². The smallest absolute Gasteiger partial charge is 0.276 e. The number of morpholine rings is 1. The topological polar surface area (TPSA) is 55.6 Å². The van der Waals surface area contributed by atoms with Gasteiger partial charge in [-0.1, -0.05) is 47.6 Å². The molecule has 1 fully saturated rings. The summed E-state index contributed by atoms with van der Waals surface area (Å²) >= 11 is 0. The molecule has 3 aromatic rings. The maximum atomic E-state index is 13.1. The summed E-state index contributed by atoms with van der Waals surface area (Å²) in [7, 11) is 0. The molecule has 1 saturated heterocycles. The number of carbonyl (C=O) groups is 1. The predicted octanol–water partition coefficient (Wildman–Crippen LogP) is 3.69. The lowest BCUT2D eigenvalue weighted by molar-refractivity contribution is -0.0231. The average molecular weight is 352 g/mol. The van der Waals surface area contributed by atoms with Crippen LogP contribution >= 0.6 is 0 Å². The summed E-state index contributed by atoms with van der Waals surface area (Å²) < 4.78 is 24.1. The van der Waals surface area contributed by atoms with E-state index in [2.05, 4.69) is 5.16 Å². The van der Waals surface area contributed by atoms with E-state index in [1.54, 1.807) is 23.1 Å². The number of nitrogens with zero attached hydrogens (tertiary/aromatic N) is 2. The molecule has 6 heteroatoms. The van der Waals surface area contributed by atoms with Gasteiger partial charge in [0.1, 0.15) is 11.9 Å². The minimum atomic E-state index is -0.298. The van der Waals surface area contributed by atoms with Gasteiger partial charge in [0, 0.05) is 18.2 Å². The molecule has 0 spiro atoms. The minimum absolute atomic E-state index is 0.202. The Kier molecular flexibility index (Phi) is 4.50. The molecule has 26 heavy (non-hydrogen) atoms. The molecule has 0 N–H and O–H groups in total. The number of rotatable bonds is 3. The highest BCUT2D eigenvalue weighted by Gasteiger charge is 2.28. The Labute approximate surface area is 150 Å². The number of halogens is 1. The van der Waals surface area contributed by atoms with Gasteiger partial charge in [0.05, 0.1) is 13.2 Å². The zero-order chi connectivity index (χ0) is 17.9. The van der Waals surface area contributed by atoms with Gasteiger partial charge in [0.25, 0.3) is 5.91 Å². The molecule has 132 valence electrons. The largest absolute Gasteiger partial charge is 0.370 e. The second-order valence-electron chi connectivity index (χ2n) is 6.10. The van der Waals surface area contributed by atoms with Gasteiger partial charge in [0.2, 0.25) is 0 Å². The van der Waals surface area contributed by atoms with Gasteiger partial charge in [-0.2, -0.15) is 0 Å². The van der Waals surface area contributed by atoms with Gasteiger partial charge in [-0.25, -0.2) is 4.39 Å². The summed E-state index contributed by atoms with van der Waals surface area (Å²) in [6, 6.07) is 17.3. The number of aromatic nitrogens is 1. The van der Waals surface area contributed by atoms with Crippen molar-refractivity contribution >= 4 is 5.91 Å². The van der Waals surface area contributed by atoms with Crippen LogP contribution in [0.3, 0.4) is 0 Å². The van der Waals surface area contributed by atoms with Crippen molar-refractivity contribution in [2.24, 2.45) is 0 Å². The molecule has 1 atom stereocenters. The van der Waals surface area contributed by atoms with Crippen LogP contribution < -0.4 is 0 Å². The zero-order valence-corrected chi connectivity index (χ0v) is 14.0. The molecule has 2 heterocycles. The fourth-order valence-electron chi connectivity index (χ4n) is 2.99. The van der Waals surface area contributed by atoms with Gasteiger partial charge in [-0.15, -0.1) is 0 Å². The van der Waals surface area contributed by atoms with Gasteiger partial charge in [-0.05, 0) is 17.7 Å². The van der Waals surface area contributed by atoms with Crippen molar-refractivity contribution in [3.63, 3.8) is 0 Å². The zero-order valence-electron chi connectivity index (χ0n) is 14.0. The van der Waals surface area contributed by atoms with E-state index in [9.17, 15) is 9.18 Å². The first-order valence-electron chi connectivity index (χ1n) is 8.39. The summed E-state index contributed by atoms with van der Waals surface area (Å²) in [5.41, 5.74) is 1.97. The minimum Gasteiger partial charge on any atom is -0.370 e. The molecule has 1 aliphatic rings. The lowest BCUT2D eigenvalue weighted by Crippen LogP contribution is -2.42. The van der Waals surface area contributed by atoms with Crippen LogP contribution in [0.2, 0.25) is 0 Å². The molecule has 1 aromatic heterocycles. The van der Waals surface area contributed by atoms with Crippen LogP contribution in [0.15, 0.2) is 65.2 Å². The normalized spacial score (nSPS) is 17.3. The molecule has 1 amide bonds. The van der Waals surface area contributed by atoms with Crippen LogP contribution in [0.5, 0.6) is 0 Å². The fourth-order valence-corrected chi connectivity index (χ4v) is 2.99. The lowest BCUT2D eigenvalue weighted by Gasteiger charge is -2.32. The van der Waals surface area contributed by atoms with E-state index >= 15 is 0 Å². The summed E-state index contributed by atoms with van der Waals surface area (Å²) in [6.07, 6.45) is -0.284. The van der Waals surface area contributed by atoms with Gasteiger partial charge < -0.3 is 14.2 Å². The van der Waals surface area contributed by atoms with E-state index in [0.29, 0.717) is 25.5 Å². The summed E-state index contributed by atoms with van der Waals surface area (Å²) in [6.45, 7) is 1.28. The predicted molar refractivity (Wildman–Crippen MR) is 92.9 cm³/mol. The maximum Gasteiger partial charge on any atom is 0.276 e. The molecule has 1 aliphatic heterocycles. The molecule has 4 rings (SSSR count). The summed E-state index contributed by atoms with van der Waals surface area (Å²) in [5, 5.41) is 3.92. The SMILES string of the molecule is O=C(c1cc(-c2ccccc2)on1)N1CCO[C@@H](c2ccc(F)cc2)C1. The number of ether oxygens (including phenoxy) is 1. The van der Waals surface area contributed by atoms with Crippen LogP contribution in [0, 0.1) is 5.82 Å². The highest BCUT2D eigenvalue weighted by Crippen LogP contribution is 2.25. The molecule has 0 unspecified atom stereocenters. The molecule has 0 aliphatic carbocycles. The highest BCUT2D eigenvalue weighted by molar-refractivity contribution is 5.93. The Balaban J connectivity index is 1.49. The van der Waals surface area contributed by atoms with Crippen LogP contribution in [0.4, 0.5) is 4.39 Å². The Morgan fingerprint density at radius 3 is 2.65 bits per heavy atom. The Morgan fingerprint density at radius 1 is 1.12 bits per heavy atom. The van der Waals surface area contributed by atoms with Gasteiger partial charge >= 0.3 is 0 Å². The number of hydrogen-bond acceptors (Lipinski definition) is 4. The fraction of sp³-hybridized carbons (Fsp3) is 0.200. The number of hydrogen-bond donors (Lipinski definition) is 0. The van der Waals surface area contributed by atoms with Crippen LogP contribution in [0.1, 0.15) is 22.2 Å². The average Bonchev–Trinajstić information content (AvgIpc) is 3.19. The van der Waals surface area contributed by atoms with Crippen molar-refractivity contribution in [2.45, 2.75) is 6.10 Å². The third-order valence-corrected chi connectivity index (χ3v) is 4.38. The third-order valence-electron chi connectivity index (χ3n) is 4.38. The lowest BCUT2D eigenvalue weighted by atomic mass is 10.1. The van der Waals surface area contributed by atoms with Crippen molar-refractivity contribution < 1.29 is 18.4 Å². The highest BCUT2D eigenvalue weighted by atomic mass is 19.1. The van der Waals surface area contributed by atoms with Crippen molar-refractivity contribution in [2.75, 3.05) is 19.7 Å². The van der Waals surface area contributed by atoms with Gasteiger partial charge in [0.15, 0.2) is 11.5 Å². The Morgan fingerprint density at radius 2 is 1.88 bits per heavy atom. The first kappa shape index (κ1) is 16.5. The molecular weight excluding hydrogens is 335 g/mol. The van der Waals surface area contributed by atoms with E-state index in [0.717, 1.165) is 11.1 Å². The van der Waals surface area contributed by atoms with E-state index in [1.807, 2.05) is 30.3 Å². The molecule has 5 nitrogen and oxygen atoms in total. The summed E-state index contributed by atoms with van der Waals surface area (Å²) in [5.74, 6) is 0.0529. The van der Waals surface area contributed by atoms with E-state index in [-0.39, 0.29) is 23.5 Å². The monoisotopic (exact) mass is 352 g/mol. The Bertz CT molecular complexity index is 893. The van der Waals surface area contributed by atoms with Crippen molar-refractivity contribution in [3.05, 3.63) is 77.7 Å². The second kappa shape index (κ2) is 7.09. The first-order chi connectivity index (χ1) is 12.7. The molecule has 2 aromatic carbocycles. The van der Waals surface area contributed by atoms with Crippen LogP contribution in [-0.4, -0.2) is 35.7 Å². The van der Waals surface area contributed by atoms with Crippen molar-refractivity contribution in [1.82, 2.24) is 10.1 Å². The Hall–Kier alpha value is -2.99. The molecular formula is C20H17FN2O3. The van der Waals surface area contributed by atoms with E-state index < -0.39 is 0 Å². The molecule has 0 saturated carbocycles. The van der Waals surface area contributed by atoms with E-state index in [4.69, 9.17) is 9.26 Å². The van der Waals surface area contributed by atoms with E-state index in [1.165, 1.54) is 12.1 Å². The summed E-state index contributed by atoms with van der Waals surface area (Å²) in [4.78, 5) is 14.4. The van der Waals surface area contributed by atoms with Crippen LogP contribution in [0.25, 0.3) is 11.3 Å². The van der Waals surface area contributed by atoms with Crippen LogP contribution in [-0.2, 0) is 4.74 Å². The standard InChI is InChI=1S/C20H17FN2O3/c21-16-8-6-15(7-9-16)19-13-23(10-11-25-19)20(24)17-12-18(26-22-17)14-4-2-1-3-5-14/h1-9,12,19H,10-11,13H2/t19-/m1/s1. The quantitative estimate of drug-likeness (QED) is 0.721. The third kappa shape index (κ3) is 3.36. The number of benzene rings is 2. The second-order valence-corrected chi connectivity index (χ2v) is 6.10. The number of carbonyl (C=O) groups excluding carboxylic acids is 1. The maximum absolute atomic E-state index is 13.1.